The van der Waals surface area contributed by atoms with Crippen molar-refractivity contribution in [2.75, 3.05) is 0 Å². The van der Waals surface area contributed by atoms with E-state index in [1.807, 2.05) is 0 Å². The van der Waals surface area contributed by atoms with Crippen LogP contribution in [-0.2, 0) is 5.41 Å². The van der Waals surface area contributed by atoms with Crippen molar-refractivity contribution in [1.29, 1.82) is 0 Å². The van der Waals surface area contributed by atoms with E-state index in [1.54, 1.807) is 0 Å². The number of nitrogens with zero attached hydrogens (tertiary/aromatic N) is 2. The zero-order chi connectivity index (χ0) is 35.7. The zero-order valence-corrected chi connectivity index (χ0v) is 30.0. The molecule has 0 N–H and O–H groups in total. The number of hydrogen-bond donors (Lipinski definition) is 0. The van der Waals surface area contributed by atoms with E-state index < -0.39 is 0 Å². The lowest BCUT2D eigenvalue weighted by molar-refractivity contribution is 0.660. The maximum atomic E-state index is 6.77. The number of hydrogen-bond acceptors (Lipinski definition) is 1. The Hall–Kier alpha value is -6.84. The van der Waals surface area contributed by atoms with Crippen molar-refractivity contribution < 1.29 is 4.42 Å². The number of furan rings is 1. The fourth-order valence-corrected chi connectivity index (χ4v) is 9.72. The summed E-state index contributed by atoms with van der Waals surface area (Å²) >= 11 is 0. The SMILES string of the molecule is CC1(C)c2ccccc2-c2c(-c3ccc4c(c3)oc3cc(-n5c6ccccc6c6c7c8ccccc8n(-c8ccccc8)c7ccc65)ccc34)cccc21. The minimum absolute atomic E-state index is 0.0423. The van der Waals surface area contributed by atoms with Gasteiger partial charge in [0.1, 0.15) is 11.2 Å². The first kappa shape index (κ1) is 29.7. The highest BCUT2D eigenvalue weighted by molar-refractivity contribution is 6.29. The van der Waals surface area contributed by atoms with Crippen LogP contribution in [-0.4, -0.2) is 9.13 Å². The van der Waals surface area contributed by atoms with Gasteiger partial charge in [0.25, 0.3) is 0 Å². The van der Waals surface area contributed by atoms with E-state index in [9.17, 15) is 0 Å². The third kappa shape index (κ3) is 3.85. The van der Waals surface area contributed by atoms with Gasteiger partial charge in [-0.15, -0.1) is 0 Å². The molecule has 54 heavy (non-hydrogen) atoms. The topological polar surface area (TPSA) is 23.0 Å². The van der Waals surface area contributed by atoms with Crippen LogP contribution in [0.25, 0.3) is 99.2 Å². The average Bonchev–Trinajstić information content (AvgIpc) is 3.92. The van der Waals surface area contributed by atoms with Crippen molar-refractivity contribution in [2.24, 2.45) is 0 Å². The predicted octanol–water partition coefficient (Wildman–Crippen LogP) is 13.8. The van der Waals surface area contributed by atoms with Gasteiger partial charge in [-0.1, -0.05) is 117 Å². The number of fused-ring (bicyclic) bond motifs is 13. The van der Waals surface area contributed by atoms with Gasteiger partial charge in [0, 0.05) is 55.2 Å². The Bertz CT molecular complexity index is 3350. The van der Waals surface area contributed by atoms with Crippen molar-refractivity contribution in [1.82, 2.24) is 9.13 Å². The summed E-state index contributed by atoms with van der Waals surface area (Å²) in [6, 6.07) is 61.9. The van der Waals surface area contributed by atoms with Gasteiger partial charge in [0.05, 0.1) is 22.1 Å². The van der Waals surface area contributed by atoms with E-state index in [1.165, 1.54) is 77.0 Å². The Kier molecular flexibility index (Phi) is 5.84. The summed E-state index contributed by atoms with van der Waals surface area (Å²) in [5, 5.41) is 7.29. The number of aromatic nitrogens is 2. The Balaban J connectivity index is 1.06. The first-order valence-electron chi connectivity index (χ1n) is 18.8. The van der Waals surface area contributed by atoms with Crippen LogP contribution in [0.2, 0.25) is 0 Å². The van der Waals surface area contributed by atoms with E-state index in [0.29, 0.717) is 0 Å². The standard InChI is InChI=1S/C51H34N2O/c1-51(2)40-19-9-6-15-37(40)48-34(18-12-20-41(48)51)31-23-25-35-36-26-24-33(30-47(36)54-46(35)29-31)53-43-22-11-8-17-39(43)50-45(53)28-27-44-49(50)38-16-7-10-21-42(38)52(44)32-13-4-3-5-14-32/h3-30H,1-2H3. The third-order valence-electron chi connectivity index (χ3n) is 12.1. The normalized spacial score (nSPS) is 13.5. The summed E-state index contributed by atoms with van der Waals surface area (Å²) in [6.07, 6.45) is 0. The maximum Gasteiger partial charge on any atom is 0.137 e. The Morgan fingerprint density at radius 2 is 0.981 bits per heavy atom. The summed E-state index contributed by atoms with van der Waals surface area (Å²) in [5.41, 5.74) is 16.6. The Labute approximate surface area is 311 Å². The van der Waals surface area contributed by atoms with Crippen LogP contribution in [0.4, 0.5) is 0 Å². The highest BCUT2D eigenvalue weighted by Gasteiger charge is 2.36. The van der Waals surface area contributed by atoms with E-state index in [0.717, 1.165) is 33.3 Å². The molecule has 3 heteroatoms. The van der Waals surface area contributed by atoms with Crippen molar-refractivity contribution in [3.63, 3.8) is 0 Å². The highest BCUT2D eigenvalue weighted by Crippen LogP contribution is 2.52. The minimum atomic E-state index is -0.0423. The van der Waals surface area contributed by atoms with Crippen molar-refractivity contribution in [2.45, 2.75) is 19.3 Å². The molecule has 11 aromatic rings. The molecular formula is C51H34N2O. The van der Waals surface area contributed by atoms with Gasteiger partial charge in [0.2, 0.25) is 0 Å². The first-order chi connectivity index (χ1) is 26.6. The second-order valence-electron chi connectivity index (χ2n) is 15.3. The second kappa shape index (κ2) is 10.6. The fourth-order valence-electron chi connectivity index (χ4n) is 9.72. The quantitative estimate of drug-likeness (QED) is 0.181. The number of rotatable bonds is 3. The highest BCUT2D eigenvalue weighted by atomic mass is 16.3. The monoisotopic (exact) mass is 690 g/mol. The van der Waals surface area contributed by atoms with Crippen LogP contribution in [0.3, 0.4) is 0 Å². The zero-order valence-electron chi connectivity index (χ0n) is 30.0. The summed E-state index contributed by atoms with van der Waals surface area (Å²) in [5.74, 6) is 0. The average molecular weight is 691 g/mol. The van der Waals surface area contributed by atoms with Crippen molar-refractivity contribution in [3.8, 4) is 33.6 Å². The van der Waals surface area contributed by atoms with Crippen LogP contribution >= 0.6 is 0 Å². The molecule has 0 saturated carbocycles. The van der Waals surface area contributed by atoms with E-state index in [2.05, 4.69) is 193 Å². The van der Waals surface area contributed by atoms with Gasteiger partial charge < -0.3 is 13.6 Å². The summed E-state index contributed by atoms with van der Waals surface area (Å²) in [4.78, 5) is 0. The van der Waals surface area contributed by atoms with E-state index in [4.69, 9.17) is 4.42 Å². The predicted molar refractivity (Wildman–Crippen MR) is 225 cm³/mol. The molecule has 0 radical (unpaired) electrons. The molecule has 0 spiro atoms. The lowest BCUT2D eigenvalue weighted by Gasteiger charge is -2.21. The van der Waals surface area contributed by atoms with Gasteiger partial charge in [-0.25, -0.2) is 0 Å². The molecule has 0 unspecified atom stereocenters. The van der Waals surface area contributed by atoms with E-state index >= 15 is 0 Å². The molecule has 12 rings (SSSR count). The van der Waals surface area contributed by atoms with Crippen LogP contribution in [0.5, 0.6) is 0 Å². The molecule has 3 nitrogen and oxygen atoms in total. The molecule has 1 aliphatic rings. The fraction of sp³-hybridized carbons (Fsp3) is 0.0588. The van der Waals surface area contributed by atoms with Crippen LogP contribution in [0, 0.1) is 0 Å². The van der Waals surface area contributed by atoms with Crippen molar-refractivity contribution in [3.05, 3.63) is 181 Å². The van der Waals surface area contributed by atoms with Crippen LogP contribution in [0.15, 0.2) is 174 Å². The molecule has 3 aromatic heterocycles. The molecule has 0 saturated heterocycles. The molecule has 0 atom stereocenters. The van der Waals surface area contributed by atoms with Gasteiger partial charge >= 0.3 is 0 Å². The molecule has 3 heterocycles. The first-order valence-corrected chi connectivity index (χ1v) is 18.8. The minimum Gasteiger partial charge on any atom is -0.456 e. The van der Waals surface area contributed by atoms with Crippen LogP contribution in [0.1, 0.15) is 25.0 Å². The van der Waals surface area contributed by atoms with Gasteiger partial charge in [-0.3, -0.25) is 0 Å². The molecule has 254 valence electrons. The van der Waals surface area contributed by atoms with Gasteiger partial charge in [0.15, 0.2) is 0 Å². The molecule has 0 fully saturated rings. The lowest BCUT2D eigenvalue weighted by atomic mass is 9.82. The maximum absolute atomic E-state index is 6.77. The summed E-state index contributed by atoms with van der Waals surface area (Å²) in [7, 11) is 0. The Morgan fingerprint density at radius 1 is 0.407 bits per heavy atom. The molecular weight excluding hydrogens is 657 g/mol. The van der Waals surface area contributed by atoms with Crippen LogP contribution < -0.4 is 0 Å². The molecule has 0 amide bonds. The number of benzene rings is 8. The van der Waals surface area contributed by atoms with E-state index in [-0.39, 0.29) is 5.41 Å². The molecule has 1 aliphatic carbocycles. The third-order valence-corrected chi connectivity index (χ3v) is 12.1. The van der Waals surface area contributed by atoms with Gasteiger partial charge in [-0.05, 0) is 94.0 Å². The van der Waals surface area contributed by atoms with Gasteiger partial charge in [-0.2, -0.15) is 0 Å². The van der Waals surface area contributed by atoms with Crippen molar-refractivity contribution >= 4 is 65.6 Å². The number of para-hydroxylation sites is 3. The summed E-state index contributed by atoms with van der Waals surface area (Å²) < 4.78 is 11.6. The largest absolute Gasteiger partial charge is 0.456 e. The molecule has 8 aromatic carbocycles. The molecule has 0 aliphatic heterocycles. The Morgan fingerprint density at radius 3 is 1.72 bits per heavy atom. The lowest BCUT2D eigenvalue weighted by Crippen LogP contribution is -2.14. The second-order valence-corrected chi connectivity index (χ2v) is 15.3. The summed E-state index contributed by atoms with van der Waals surface area (Å²) in [6.45, 7) is 4.68. The molecule has 0 bridgehead atoms. The smallest absolute Gasteiger partial charge is 0.137 e.